The molecule has 0 fully saturated rings. The lowest BCUT2D eigenvalue weighted by molar-refractivity contribution is -0.137. The predicted octanol–water partition coefficient (Wildman–Crippen LogP) is 3.46. The summed E-state index contributed by atoms with van der Waals surface area (Å²) in [7, 11) is 0. The van der Waals surface area contributed by atoms with E-state index in [2.05, 4.69) is 10.4 Å². The molecule has 7 nitrogen and oxygen atoms in total. The van der Waals surface area contributed by atoms with E-state index < -0.39 is 41.9 Å². The highest BCUT2D eigenvalue weighted by Crippen LogP contribution is 2.24. The summed E-state index contributed by atoms with van der Waals surface area (Å²) < 4.78 is 27.4. The molecule has 1 aromatic heterocycles. The van der Waals surface area contributed by atoms with Gasteiger partial charge in [0.25, 0.3) is 5.91 Å². The van der Waals surface area contributed by atoms with Crippen LogP contribution in [0.25, 0.3) is 5.69 Å². The number of amides is 1. The van der Waals surface area contributed by atoms with Crippen LogP contribution in [0.5, 0.6) is 5.88 Å². The summed E-state index contributed by atoms with van der Waals surface area (Å²) in [6.07, 6.45) is -0.447. The number of nitrogens with zero attached hydrogens (tertiary/aromatic N) is 2. The van der Waals surface area contributed by atoms with Crippen molar-refractivity contribution in [2.45, 2.75) is 12.5 Å². The third-order valence-electron chi connectivity index (χ3n) is 4.03. The number of aromatic hydroxyl groups is 1. The average Bonchev–Trinajstić information content (AvgIpc) is 3.05. The lowest BCUT2D eigenvalue weighted by Crippen LogP contribution is -2.30. The summed E-state index contributed by atoms with van der Waals surface area (Å²) >= 11 is 5.72. The number of carboxylic acids is 1. The first-order valence-corrected chi connectivity index (χ1v) is 8.65. The number of carbonyl (C=O) groups excluding carboxylic acids is 1. The maximum absolute atomic E-state index is 13.3. The summed E-state index contributed by atoms with van der Waals surface area (Å²) in [5, 5.41) is 25.4. The number of rotatable bonds is 6. The number of nitrogens with one attached hydrogen (secondary N) is 1. The Hall–Kier alpha value is -3.46. The molecule has 0 aliphatic heterocycles. The number of aromatic nitrogens is 2. The Kier molecular flexibility index (Phi) is 5.79. The van der Waals surface area contributed by atoms with Gasteiger partial charge >= 0.3 is 5.97 Å². The van der Waals surface area contributed by atoms with Crippen molar-refractivity contribution in [3.8, 4) is 11.6 Å². The van der Waals surface area contributed by atoms with E-state index in [4.69, 9.17) is 16.7 Å². The van der Waals surface area contributed by atoms with E-state index in [-0.39, 0.29) is 16.4 Å². The summed E-state index contributed by atoms with van der Waals surface area (Å²) in [5.74, 6) is -3.50. The lowest BCUT2D eigenvalue weighted by Gasteiger charge is -2.16. The minimum absolute atomic E-state index is 0.193. The maximum Gasteiger partial charge on any atom is 0.305 e. The molecule has 0 saturated carbocycles. The SMILES string of the molecule is O=C(O)CC(NC(=O)c1cc(O)n(-c2ccc(F)c(Cl)c2)n1)c1ccc(F)cc1. The fourth-order valence-corrected chi connectivity index (χ4v) is 2.82. The van der Waals surface area contributed by atoms with Crippen molar-refractivity contribution in [3.05, 3.63) is 76.4 Å². The molecule has 150 valence electrons. The first-order valence-electron chi connectivity index (χ1n) is 8.27. The topological polar surface area (TPSA) is 104 Å². The molecule has 3 N–H and O–H groups in total. The van der Waals surface area contributed by atoms with Crippen molar-refractivity contribution in [3.63, 3.8) is 0 Å². The zero-order valence-corrected chi connectivity index (χ0v) is 15.4. The number of hydrogen-bond acceptors (Lipinski definition) is 4. The van der Waals surface area contributed by atoms with Crippen LogP contribution in [0.1, 0.15) is 28.5 Å². The third kappa shape index (κ3) is 4.69. The van der Waals surface area contributed by atoms with Gasteiger partial charge in [0.15, 0.2) is 5.69 Å². The molecule has 0 spiro atoms. The quantitative estimate of drug-likeness (QED) is 0.565. The Labute approximate surface area is 168 Å². The van der Waals surface area contributed by atoms with Gasteiger partial charge in [-0.2, -0.15) is 5.10 Å². The van der Waals surface area contributed by atoms with Crippen molar-refractivity contribution >= 4 is 23.5 Å². The second-order valence-electron chi connectivity index (χ2n) is 6.07. The van der Waals surface area contributed by atoms with Crippen molar-refractivity contribution < 1.29 is 28.6 Å². The van der Waals surface area contributed by atoms with E-state index in [1.807, 2.05) is 0 Å². The highest BCUT2D eigenvalue weighted by Gasteiger charge is 2.22. The van der Waals surface area contributed by atoms with E-state index in [1.165, 1.54) is 24.3 Å². The number of aliphatic carboxylic acids is 1. The van der Waals surface area contributed by atoms with Gasteiger partial charge < -0.3 is 15.5 Å². The molecule has 0 aliphatic carbocycles. The molecular formula is C19H14ClF2N3O4. The van der Waals surface area contributed by atoms with E-state index in [1.54, 1.807) is 0 Å². The summed E-state index contributed by atoms with van der Waals surface area (Å²) in [5.41, 5.74) is 0.394. The molecule has 3 aromatic rings. The van der Waals surface area contributed by atoms with Gasteiger partial charge in [0.1, 0.15) is 11.6 Å². The van der Waals surface area contributed by atoms with Gasteiger partial charge in [-0.3, -0.25) is 9.59 Å². The normalized spacial score (nSPS) is 11.8. The van der Waals surface area contributed by atoms with Crippen LogP contribution in [0.2, 0.25) is 5.02 Å². The fraction of sp³-hybridized carbons (Fsp3) is 0.105. The van der Waals surface area contributed by atoms with Gasteiger partial charge in [-0.25, -0.2) is 13.5 Å². The maximum atomic E-state index is 13.3. The molecule has 3 rings (SSSR count). The molecule has 10 heteroatoms. The summed E-state index contributed by atoms with van der Waals surface area (Å²) in [6, 6.07) is 8.74. The monoisotopic (exact) mass is 421 g/mol. The molecule has 1 amide bonds. The number of halogens is 3. The summed E-state index contributed by atoms with van der Waals surface area (Å²) in [6.45, 7) is 0. The lowest BCUT2D eigenvalue weighted by atomic mass is 10.0. The molecule has 0 bridgehead atoms. The number of benzene rings is 2. The average molecular weight is 422 g/mol. The molecule has 1 unspecified atom stereocenters. The number of carboxylic acid groups (broad SMARTS) is 1. The highest BCUT2D eigenvalue weighted by molar-refractivity contribution is 6.30. The Morgan fingerprint density at radius 2 is 1.83 bits per heavy atom. The van der Waals surface area contributed by atoms with Crippen LogP contribution in [0.4, 0.5) is 8.78 Å². The van der Waals surface area contributed by atoms with Crippen molar-refractivity contribution in [1.29, 1.82) is 0 Å². The summed E-state index contributed by atoms with van der Waals surface area (Å²) in [4.78, 5) is 23.7. The minimum Gasteiger partial charge on any atom is -0.493 e. The zero-order chi connectivity index (χ0) is 21.1. The van der Waals surface area contributed by atoms with Crippen molar-refractivity contribution in [2.75, 3.05) is 0 Å². The van der Waals surface area contributed by atoms with E-state index >= 15 is 0 Å². The molecular weight excluding hydrogens is 408 g/mol. The van der Waals surface area contributed by atoms with Crippen LogP contribution in [0, 0.1) is 11.6 Å². The Balaban J connectivity index is 1.86. The van der Waals surface area contributed by atoms with Gasteiger partial charge in [-0.05, 0) is 35.9 Å². The molecule has 2 aromatic carbocycles. The van der Waals surface area contributed by atoms with Gasteiger partial charge in [0, 0.05) is 6.07 Å². The molecule has 1 heterocycles. The Morgan fingerprint density at radius 3 is 2.45 bits per heavy atom. The van der Waals surface area contributed by atoms with Gasteiger partial charge in [0.05, 0.1) is 23.2 Å². The fourth-order valence-electron chi connectivity index (χ4n) is 2.64. The van der Waals surface area contributed by atoms with Crippen LogP contribution < -0.4 is 5.32 Å². The highest BCUT2D eigenvalue weighted by atomic mass is 35.5. The number of hydrogen-bond donors (Lipinski definition) is 3. The molecule has 0 saturated heterocycles. The smallest absolute Gasteiger partial charge is 0.305 e. The van der Waals surface area contributed by atoms with Crippen LogP contribution in [-0.4, -0.2) is 31.9 Å². The Morgan fingerprint density at radius 1 is 1.14 bits per heavy atom. The van der Waals surface area contributed by atoms with Crippen molar-refractivity contribution in [1.82, 2.24) is 15.1 Å². The van der Waals surface area contributed by atoms with Crippen LogP contribution in [0.3, 0.4) is 0 Å². The largest absolute Gasteiger partial charge is 0.493 e. The molecule has 1 atom stereocenters. The van der Waals surface area contributed by atoms with E-state index in [0.717, 1.165) is 28.9 Å². The third-order valence-corrected chi connectivity index (χ3v) is 4.32. The second-order valence-corrected chi connectivity index (χ2v) is 6.48. The predicted molar refractivity (Wildman–Crippen MR) is 99.1 cm³/mol. The van der Waals surface area contributed by atoms with E-state index in [9.17, 15) is 23.5 Å². The minimum atomic E-state index is -1.17. The zero-order valence-electron chi connectivity index (χ0n) is 14.6. The van der Waals surface area contributed by atoms with Crippen LogP contribution >= 0.6 is 11.6 Å². The molecule has 0 radical (unpaired) electrons. The Bertz CT molecular complexity index is 1070. The van der Waals surface area contributed by atoms with Crippen molar-refractivity contribution in [2.24, 2.45) is 0 Å². The van der Waals surface area contributed by atoms with E-state index in [0.29, 0.717) is 5.56 Å². The molecule has 29 heavy (non-hydrogen) atoms. The van der Waals surface area contributed by atoms with Gasteiger partial charge in [-0.1, -0.05) is 23.7 Å². The van der Waals surface area contributed by atoms with Gasteiger partial charge in [0.2, 0.25) is 5.88 Å². The van der Waals surface area contributed by atoms with Gasteiger partial charge in [-0.15, -0.1) is 0 Å². The standard InChI is InChI=1S/C19H14ClF2N3O4/c20-13-7-12(5-6-14(13)22)25-17(26)8-16(24-25)19(29)23-15(9-18(27)28)10-1-3-11(21)4-2-10/h1-8,15,26H,9H2,(H,23,29)(H,27,28). The first-order chi connectivity index (χ1) is 13.7. The first kappa shape index (κ1) is 20.3. The second kappa shape index (κ2) is 8.27. The molecule has 0 aliphatic rings. The van der Waals surface area contributed by atoms with Crippen LogP contribution in [-0.2, 0) is 4.79 Å². The number of carbonyl (C=O) groups is 2. The van der Waals surface area contributed by atoms with Crippen LogP contribution in [0.15, 0.2) is 48.5 Å².